The van der Waals surface area contributed by atoms with Crippen LogP contribution in [0.3, 0.4) is 0 Å². The fourth-order valence-corrected chi connectivity index (χ4v) is 2.07. The van der Waals surface area contributed by atoms with Gasteiger partial charge in [0.05, 0.1) is 5.92 Å². The molecule has 0 fully saturated rings. The van der Waals surface area contributed by atoms with Crippen molar-refractivity contribution in [3.05, 3.63) is 29.8 Å². The lowest BCUT2D eigenvalue weighted by Gasteiger charge is -2.22. The Hall–Kier alpha value is -1.31. The molecular formula is C12H15NO. The van der Waals surface area contributed by atoms with Gasteiger partial charge in [-0.1, -0.05) is 18.2 Å². The number of hydrogen-bond acceptors (Lipinski definition) is 1. The largest absolute Gasteiger partial charge is 0.309 e. The molecule has 1 atom stereocenters. The maximum Gasteiger partial charge on any atom is 0.234 e. The van der Waals surface area contributed by atoms with Crippen LogP contribution in [-0.4, -0.2) is 11.9 Å². The molecular weight excluding hydrogens is 174 g/mol. The average molecular weight is 189 g/mol. The zero-order valence-corrected chi connectivity index (χ0v) is 8.82. The minimum absolute atomic E-state index is 0.0219. The lowest BCUT2D eigenvalue weighted by Crippen LogP contribution is -2.34. The van der Waals surface area contributed by atoms with Crippen LogP contribution in [-0.2, 0) is 4.79 Å². The molecule has 0 aromatic heterocycles. The van der Waals surface area contributed by atoms with Crippen LogP contribution >= 0.6 is 0 Å². The molecule has 2 nitrogen and oxygen atoms in total. The van der Waals surface area contributed by atoms with E-state index < -0.39 is 0 Å². The highest BCUT2D eigenvalue weighted by Crippen LogP contribution is 2.37. The van der Waals surface area contributed by atoms with E-state index in [0.29, 0.717) is 0 Å². The summed E-state index contributed by atoms with van der Waals surface area (Å²) in [6.45, 7) is 6.07. The predicted molar refractivity (Wildman–Crippen MR) is 57.5 cm³/mol. The van der Waals surface area contributed by atoms with E-state index in [4.69, 9.17) is 0 Å². The van der Waals surface area contributed by atoms with Gasteiger partial charge < -0.3 is 4.90 Å². The molecule has 0 spiro atoms. The van der Waals surface area contributed by atoms with E-state index in [2.05, 4.69) is 0 Å². The van der Waals surface area contributed by atoms with Crippen LogP contribution in [0, 0.1) is 0 Å². The van der Waals surface area contributed by atoms with Crippen LogP contribution in [0.2, 0.25) is 0 Å². The number of carbonyl (C=O) groups is 1. The summed E-state index contributed by atoms with van der Waals surface area (Å²) >= 11 is 0. The molecule has 0 aliphatic carbocycles. The summed E-state index contributed by atoms with van der Waals surface area (Å²) < 4.78 is 0. The van der Waals surface area contributed by atoms with Gasteiger partial charge in [-0.3, -0.25) is 4.79 Å². The molecule has 0 radical (unpaired) electrons. The molecule has 0 saturated carbocycles. The molecule has 14 heavy (non-hydrogen) atoms. The van der Waals surface area contributed by atoms with Crippen LogP contribution in [0.25, 0.3) is 0 Å². The summed E-state index contributed by atoms with van der Waals surface area (Å²) in [5.74, 6) is 0.245. The van der Waals surface area contributed by atoms with Gasteiger partial charge in [-0.25, -0.2) is 0 Å². The Kier molecular flexibility index (Phi) is 2.06. The van der Waals surface area contributed by atoms with Crippen molar-refractivity contribution in [2.45, 2.75) is 32.7 Å². The van der Waals surface area contributed by atoms with E-state index >= 15 is 0 Å². The van der Waals surface area contributed by atoms with E-state index in [1.165, 1.54) is 0 Å². The number of carbonyl (C=O) groups excluding carboxylic acids is 1. The van der Waals surface area contributed by atoms with E-state index in [9.17, 15) is 4.79 Å². The first-order valence-electron chi connectivity index (χ1n) is 5.05. The Morgan fingerprint density at radius 1 is 1.29 bits per heavy atom. The number of nitrogens with zero attached hydrogens (tertiary/aromatic N) is 1. The quantitative estimate of drug-likeness (QED) is 0.664. The number of rotatable bonds is 1. The van der Waals surface area contributed by atoms with Crippen LogP contribution in [0.4, 0.5) is 5.69 Å². The molecule has 2 heteroatoms. The monoisotopic (exact) mass is 189 g/mol. The number of fused-ring (bicyclic) bond motifs is 1. The summed E-state index contributed by atoms with van der Waals surface area (Å²) in [5.41, 5.74) is 2.24. The second-order valence-corrected chi connectivity index (χ2v) is 4.08. The second kappa shape index (κ2) is 3.12. The van der Waals surface area contributed by atoms with Gasteiger partial charge in [0.15, 0.2) is 0 Å². The first-order valence-corrected chi connectivity index (χ1v) is 5.05. The van der Waals surface area contributed by atoms with Gasteiger partial charge in [0.1, 0.15) is 0 Å². The molecule has 1 unspecified atom stereocenters. The van der Waals surface area contributed by atoms with Crippen molar-refractivity contribution < 1.29 is 4.79 Å². The van der Waals surface area contributed by atoms with Gasteiger partial charge >= 0.3 is 0 Å². The van der Waals surface area contributed by atoms with Crippen molar-refractivity contribution in [2.24, 2.45) is 0 Å². The Morgan fingerprint density at radius 2 is 1.93 bits per heavy atom. The van der Waals surface area contributed by atoms with Crippen molar-refractivity contribution >= 4 is 11.6 Å². The van der Waals surface area contributed by atoms with Crippen LogP contribution < -0.4 is 4.90 Å². The molecule has 1 amide bonds. The van der Waals surface area contributed by atoms with Crippen molar-refractivity contribution in [1.82, 2.24) is 0 Å². The first-order chi connectivity index (χ1) is 6.63. The minimum atomic E-state index is 0.0219. The third-order valence-electron chi connectivity index (χ3n) is 2.79. The van der Waals surface area contributed by atoms with Crippen molar-refractivity contribution in [3.63, 3.8) is 0 Å². The van der Waals surface area contributed by atoms with Gasteiger partial charge in [0.2, 0.25) is 5.91 Å². The number of anilines is 1. The van der Waals surface area contributed by atoms with Crippen LogP contribution in [0.15, 0.2) is 24.3 Å². The number of para-hydroxylation sites is 1. The average Bonchev–Trinajstić information content (AvgIpc) is 2.41. The van der Waals surface area contributed by atoms with Crippen LogP contribution in [0.5, 0.6) is 0 Å². The molecule has 0 N–H and O–H groups in total. The zero-order valence-electron chi connectivity index (χ0n) is 8.82. The summed E-state index contributed by atoms with van der Waals surface area (Å²) in [7, 11) is 0. The molecule has 1 aromatic carbocycles. The second-order valence-electron chi connectivity index (χ2n) is 4.08. The van der Waals surface area contributed by atoms with Crippen LogP contribution in [0.1, 0.15) is 32.3 Å². The number of hydrogen-bond donors (Lipinski definition) is 0. The van der Waals surface area contributed by atoms with E-state index in [1.807, 2.05) is 49.9 Å². The topological polar surface area (TPSA) is 20.3 Å². The first kappa shape index (κ1) is 9.25. The van der Waals surface area contributed by atoms with Gasteiger partial charge in [-0.05, 0) is 32.4 Å². The molecule has 2 rings (SSSR count). The third kappa shape index (κ3) is 1.14. The van der Waals surface area contributed by atoms with Gasteiger partial charge in [-0.2, -0.15) is 0 Å². The molecule has 0 saturated heterocycles. The predicted octanol–water partition coefficient (Wildman–Crippen LogP) is 2.55. The summed E-state index contributed by atoms with van der Waals surface area (Å²) in [6.07, 6.45) is 0. The lowest BCUT2D eigenvalue weighted by molar-refractivity contribution is -0.119. The molecule has 1 heterocycles. The Bertz CT molecular complexity index is 370. The Morgan fingerprint density at radius 3 is 2.57 bits per heavy atom. The zero-order chi connectivity index (χ0) is 10.3. The van der Waals surface area contributed by atoms with E-state index in [1.54, 1.807) is 0 Å². The Balaban J connectivity index is 2.53. The number of amides is 1. The van der Waals surface area contributed by atoms with Crippen molar-refractivity contribution in [3.8, 4) is 0 Å². The highest BCUT2D eigenvalue weighted by Gasteiger charge is 2.34. The molecule has 74 valence electrons. The minimum Gasteiger partial charge on any atom is -0.309 e. The smallest absolute Gasteiger partial charge is 0.234 e. The number of benzene rings is 1. The highest BCUT2D eigenvalue weighted by atomic mass is 16.2. The molecule has 1 aliphatic rings. The molecule has 1 aliphatic heterocycles. The van der Waals surface area contributed by atoms with E-state index in [0.717, 1.165) is 11.3 Å². The van der Waals surface area contributed by atoms with Gasteiger partial charge in [-0.15, -0.1) is 0 Å². The van der Waals surface area contributed by atoms with Crippen molar-refractivity contribution in [2.75, 3.05) is 4.90 Å². The normalized spacial score (nSPS) is 20.4. The summed E-state index contributed by atoms with van der Waals surface area (Å²) in [5, 5.41) is 0. The van der Waals surface area contributed by atoms with Gasteiger partial charge in [0.25, 0.3) is 0 Å². The fourth-order valence-electron chi connectivity index (χ4n) is 2.07. The highest BCUT2D eigenvalue weighted by molar-refractivity contribution is 6.05. The maximum atomic E-state index is 11.9. The lowest BCUT2D eigenvalue weighted by atomic mass is 10.0. The molecule has 1 aromatic rings. The standard InChI is InChI=1S/C12H15NO/c1-8(2)13-11-7-5-4-6-10(11)9(3)12(13)14/h4-9H,1-3H3. The maximum absolute atomic E-state index is 11.9. The third-order valence-corrected chi connectivity index (χ3v) is 2.79. The van der Waals surface area contributed by atoms with Crippen molar-refractivity contribution in [1.29, 1.82) is 0 Å². The van der Waals surface area contributed by atoms with Gasteiger partial charge in [0, 0.05) is 11.7 Å². The summed E-state index contributed by atoms with van der Waals surface area (Å²) in [6, 6.07) is 8.29. The van der Waals surface area contributed by atoms with E-state index in [-0.39, 0.29) is 17.9 Å². The Labute approximate surface area is 84.5 Å². The molecule has 0 bridgehead atoms. The summed E-state index contributed by atoms with van der Waals surface area (Å²) in [4.78, 5) is 13.8. The SMILES string of the molecule is CC1C(=O)N(C(C)C)c2ccccc21. The fraction of sp³-hybridized carbons (Fsp3) is 0.417.